The summed E-state index contributed by atoms with van der Waals surface area (Å²) in [6.45, 7) is 7.25. The van der Waals surface area contributed by atoms with E-state index in [1.807, 2.05) is 13.8 Å². The van der Waals surface area contributed by atoms with Gasteiger partial charge in [-0.05, 0) is 36.2 Å². The van der Waals surface area contributed by atoms with E-state index in [9.17, 15) is 18.4 Å². The van der Waals surface area contributed by atoms with E-state index in [0.717, 1.165) is 6.07 Å². The molecule has 1 aromatic rings. The van der Waals surface area contributed by atoms with E-state index in [-0.39, 0.29) is 18.3 Å². The molecule has 0 spiro atoms. The van der Waals surface area contributed by atoms with Crippen molar-refractivity contribution in [3.63, 3.8) is 0 Å². The third kappa shape index (κ3) is 2.84. The second-order valence-corrected chi connectivity index (χ2v) is 10.1. The van der Waals surface area contributed by atoms with Crippen molar-refractivity contribution in [1.82, 2.24) is 0 Å². The average Bonchev–Trinajstić information content (AvgIpc) is 2.21. The van der Waals surface area contributed by atoms with Crippen LogP contribution in [-0.2, 0) is 6.42 Å². The smallest absolute Gasteiger partial charge is 0.188 e. The maximum absolute atomic E-state index is 13.9. The number of carbonyl (C=O) groups is 1. The fourth-order valence-corrected chi connectivity index (χ4v) is 2.17. The lowest BCUT2D eigenvalue weighted by Crippen LogP contribution is -2.40. The van der Waals surface area contributed by atoms with Gasteiger partial charge in [0, 0.05) is 0 Å². The Kier molecular flexibility index (Phi) is 4.07. The fourth-order valence-electron chi connectivity index (χ4n) is 1.55. The van der Waals surface area contributed by atoms with Crippen molar-refractivity contribution in [3.05, 3.63) is 34.9 Å². The highest BCUT2D eigenvalue weighted by Crippen LogP contribution is 2.39. The largest absolute Gasteiger partial charge is 0.432 e. The quantitative estimate of drug-likeness (QED) is 0.674. The summed E-state index contributed by atoms with van der Waals surface area (Å²) in [5, 5.41) is -0.466. The number of hydrogen-bond donors (Lipinski definition) is 1. The molecule has 0 aliphatic rings. The standard InChI is InChI=1S/C13H18F2O2Si/c1-13(2,18(3,4)17)7-9-5-6-11(14)10(8-16)12(9)15/h5-6,8,17H,7H2,1-4H3. The van der Waals surface area contributed by atoms with E-state index in [1.165, 1.54) is 6.07 Å². The van der Waals surface area contributed by atoms with E-state index >= 15 is 0 Å². The summed E-state index contributed by atoms with van der Waals surface area (Å²) in [6.07, 6.45) is 0.457. The number of carbonyl (C=O) groups excluding carboxylic acids is 1. The van der Waals surface area contributed by atoms with Crippen LogP contribution in [-0.4, -0.2) is 19.4 Å². The molecule has 0 atom stereocenters. The van der Waals surface area contributed by atoms with Crippen LogP contribution in [0.5, 0.6) is 0 Å². The van der Waals surface area contributed by atoms with Crippen LogP contribution in [0.4, 0.5) is 8.78 Å². The van der Waals surface area contributed by atoms with Gasteiger partial charge in [0.25, 0.3) is 0 Å². The minimum atomic E-state index is -2.48. The normalized spacial score (nSPS) is 12.6. The van der Waals surface area contributed by atoms with Crippen LogP contribution in [0.15, 0.2) is 12.1 Å². The molecule has 0 aliphatic carbocycles. The van der Waals surface area contributed by atoms with Gasteiger partial charge in [0.1, 0.15) is 11.6 Å². The molecule has 0 fully saturated rings. The molecule has 1 aromatic carbocycles. The van der Waals surface area contributed by atoms with Crippen LogP contribution < -0.4 is 0 Å². The second kappa shape index (κ2) is 4.89. The Morgan fingerprint density at radius 3 is 2.33 bits per heavy atom. The summed E-state index contributed by atoms with van der Waals surface area (Å²) < 4.78 is 27.1. The summed E-state index contributed by atoms with van der Waals surface area (Å²) in [5.41, 5.74) is -0.279. The van der Waals surface area contributed by atoms with Gasteiger partial charge in [-0.15, -0.1) is 0 Å². The SMILES string of the molecule is CC(C)(Cc1ccc(F)c(C=O)c1F)[Si](C)(C)O. The topological polar surface area (TPSA) is 37.3 Å². The minimum Gasteiger partial charge on any atom is -0.432 e. The van der Waals surface area contributed by atoms with E-state index in [1.54, 1.807) is 13.1 Å². The number of rotatable bonds is 4. The molecule has 0 bridgehead atoms. The average molecular weight is 272 g/mol. The molecule has 100 valence electrons. The number of benzene rings is 1. The first-order valence-electron chi connectivity index (χ1n) is 5.74. The Morgan fingerprint density at radius 1 is 1.33 bits per heavy atom. The molecule has 1 rings (SSSR count). The highest BCUT2D eigenvalue weighted by atomic mass is 28.4. The molecule has 0 heterocycles. The lowest BCUT2D eigenvalue weighted by Gasteiger charge is -2.35. The molecule has 5 heteroatoms. The first kappa shape index (κ1) is 15.0. The van der Waals surface area contributed by atoms with Crippen LogP contribution in [0.2, 0.25) is 18.1 Å². The molecule has 0 saturated carbocycles. The Morgan fingerprint density at radius 2 is 1.89 bits per heavy atom. The number of aldehydes is 1. The van der Waals surface area contributed by atoms with Gasteiger partial charge in [0.15, 0.2) is 14.6 Å². The van der Waals surface area contributed by atoms with Crippen molar-refractivity contribution in [2.24, 2.45) is 0 Å². The third-order valence-corrected chi connectivity index (χ3v) is 7.10. The van der Waals surface area contributed by atoms with Crippen molar-refractivity contribution in [2.45, 2.75) is 38.4 Å². The monoisotopic (exact) mass is 272 g/mol. The van der Waals surface area contributed by atoms with Gasteiger partial charge in [-0.25, -0.2) is 8.78 Å². The Hall–Kier alpha value is -1.07. The molecule has 0 amide bonds. The molecule has 18 heavy (non-hydrogen) atoms. The van der Waals surface area contributed by atoms with Crippen LogP contribution in [0.25, 0.3) is 0 Å². The minimum absolute atomic E-state index is 0.183. The molecular weight excluding hydrogens is 254 g/mol. The highest BCUT2D eigenvalue weighted by Gasteiger charge is 2.38. The van der Waals surface area contributed by atoms with Crippen molar-refractivity contribution in [2.75, 3.05) is 0 Å². The summed E-state index contributed by atoms with van der Waals surface area (Å²) in [5.74, 6) is -1.68. The van der Waals surface area contributed by atoms with Crippen LogP contribution in [0.3, 0.4) is 0 Å². The van der Waals surface area contributed by atoms with Crippen molar-refractivity contribution in [1.29, 1.82) is 0 Å². The predicted octanol–water partition coefficient (Wildman–Crippen LogP) is 3.30. The van der Waals surface area contributed by atoms with Gasteiger partial charge in [0.2, 0.25) is 0 Å². The molecule has 0 radical (unpaired) electrons. The third-order valence-electron chi connectivity index (χ3n) is 3.61. The molecule has 0 aromatic heterocycles. The van der Waals surface area contributed by atoms with Gasteiger partial charge in [0.05, 0.1) is 5.56 Å². The summed E-state index contributed by atoms with van der Waals surface area (Å²) in [7, 11) is -2.48. The second-order valence-electron chi connectivity index (χ2n) is 5.67. The fraction of sp³-hybridized carbons (Fsp3) is 0.462. The molecule has 0 saturated heterocycles. The van der Waals surface area contributed by atoms with Gasteiger partial charge >= 0.3 is 0 Å². The summed E-state index contributed by atoms with van der Waals surface area (Å²) >= 11 is 0. The highest BCUT2D eigenvalue weighted by molar-refractivity contribution is 6.72. The van der Waals surface area contributed by atoms with Crippen molar-refractivity contribution < 1.29 is 18.4 Å². The maximum atomic E-state index is 13.9. The van der Waals surface area contributed by atoms with Gasteiger partial charge in [-0.2, -0.15) is 0 Å². The summed E-state index contributed by atoms with van der Waals surface area (Å²) in [4.78, 5) is 20.8. The predicted molar refractivity (Wildman–Crippen MR) is 69.2 cm³/mol. The zero-order valence-electron chi connectivity index (χ0n) is 11.1. The van der Waals surface area contributed by atoms with Gasteiger partial charge < -0.3 is 4.80 Å². The zero-order chi connectivity index (χ0) is 14.1. The lowest BCUT2D eigenvalue weighted by molar-refractivity contribution is 0.111. The van der Waals surface area contributed by atoms with Crippen LogP contribution >= 0.6 is 0 Å². The van der Waals surface area contributed by atoms with E-state index in [2.05, 4.69) is 0 Å². The molecule has 2 nitrogen and oxygen atoms in total. The van der Waals surface area contributed by atoms with Gasteiger partial charge in [-0.1, -0.05) is 19.9 Å². The number of halogens is 2. The first-order chi connectivity index (χ1) is 8.10. The van der Waals surface area contributed by atoms with E-state index < -0.39 is 30.6 Å². The van der Waals surface area contributed by atoms with Crippen molar-refractivity contribution >= 4 is 14.6 Å². The Labute approximate surface area is 107 Å². The molecule has 0 unspecified atom stereocenters. The van der Waals surface area contributed by atoms with E-state index in [0.29, 0.717) is 0 Å². The molecule has 0 aliphatic heterocycles. The number of hydrogen-bond acceptors (Lipinski definition) is 2. The van der Waals surface area contributed by atoms with Gasteiger partial charge in [-0.3, -0.25) is 4.79 Å². The molecular formula is C13H18F2O2Si. The van der Waals surface area contributed by atoms with Crippen LogP contribution in [0.1, 0.15) is 29.8 Å². The summed E-state index contributed by atoms with van der Waals surface area (Å²) in [6, 6.07) is 2.42. The maximum Gasteiger partial charge on any atom is 0.188 e. The lowest BCUT2D eigenvalue weighted by atomic mass is 9.99. The van der Waals surface area contributed by atoms with Crippen molar-refractivity contribution in [3.8, 4) is 0 Å². The Bertz CT molecular complexity index is 465. The molecule has 1 N–H and O–H groups in total. The van der Waals surface area contributed by atoms with Crippen LogP contribution in [0, 0.1) is 11.6 Å². The van der Waals surface area contributed by atoms with E-state index in [4.69, 9.17) is 0 Å². The Balaban J connectivity index is 3.18. The first-order valence-corrected chi connectivity index (χ1v) is 8.69. The zero-order valence-corrected chi connectivity index (χ0v) is 12.1.